The molecule has 2 rings (SSSR count). The minimum atomic E-state index is -0.509. The first-order valence-corrected chi connectivity index (χ1v) is 6.89. The first-order valence-electron chi connectivity index (χ1n) is 6.89. The van der Waals surface area contributed by atoms with E-state index in [1.807, 2.05) is 43.6 Å². The van der Waals surface area contributed by atoms with Gasteiger partial charge in [0.25, 0.3) is 0 Å². The van der Waals surface area contributed by atoms with E-state index in [4.69, 9.17) is 0 Å². The molecule has 0 aliphatic rings. The zero-order chi connectivity index (χ0) is 13.8. The van der Waals surface area contributed by atoms with Crippen LogP contribution in [0.3, 0.4) is 0 Å². The lowest BCUT2D eigenvalue weighted by Crippen LogP contribution is -2.16. The SMILES string of the molecule is CCCc1nccn1C(C)C(O)c1ccc(C)cc1. The summed E-state index contributed by atoms with van der Waals surface area (Å²) in [4.78, 5) is 4.37. The molecule has 3 nitrogen and oxygen atoms in total. The maximum atomic E-state index is 10.5. The quantitative estimate of drug-likeness (QED) is 0.892. The summed E-state index contributed by atoms with van der Waals surface area (Å²) in [6, 6.07) is 8.05. The summed E-state index contributed by atoms with van der Waals surface area (Å²) in [5.41, 5.74) is 2.16. The number of hydrogen-bond acceptors (Lipinski definition) is 2. The lowest BCUT2D eigenvalue weighted by molar-refractivity contribution is 0.120. The number of rotatable bonds is 5. The van der Waals surface area contributed by atoms with Crippen LogP contribution in [0.4, 0.5) is 0 Å². The number of aromatic nitrogens is 2. The highest BCUT2D eigenvalue weighted by molar-refractivity contribution is 5.24. The van der Waals surface area contributed by atoms with Crippen LogP contribution in [0.15, 0.2) is 36.7 Å². The van der Waals surface area contributed by atoms with E-state index in [1.165, 1.54) is 5.56 Å². The fourth-order valence-electron chi connectivity index (χ4n) is 2.33. The summed E-state index contributed by atoms with van der Waals surface area (Å²) >= 11 is 0. The van der Waals surface area contributed by atoms with Crippen molar-refractivity contribution in [3.05, 3.63) is 53.6 Å². The van der Waals surface area contributed by atoms with Crippen LogP contribution >= 0.6 is 0 Å². The Labute approximate surface area is 114 Å². The van der Waals surface area contributed by atoms with Gasteiger partial charge in [0.05, 0.1) is 12.1 Å². The molecule has 3 heteroatoms. The van der Waals surface area contributed by atoms with Gasteiger partial charge in [0, 0.05) is 18.8 Å². The number of aliphatic hydroxyl groups excluding tert-OH is 1. The molecule has 1 aromatic heterocycles. The summed E-state index contributed by atoms with van der Waals surface area (Å²) in [5, 5.41) is 10.5. The molecular weight excluding hydrogens is 236 g/mol. The van der Waals surface area contributed by atoms with E-state index < -0.39 is 6.10 Å². The largest absolute Gasteiger partial charge is 0.386 e. The fourth-order valence-corrected chi connectivity index (χ4v) is 2.33. The molecular formula is C16H22N2O. The predicted molar refractivity (Wildman–Crippen MR) is 77.1 cm³/mol. The van der Waals surface area contributed by atoms with Crippen LogP contribution in [0.25, 0.3) is 0 Å². The Hall–Kier alpha value is -1.61. The Balaban J connectivity index is 2.20. The standard InChI is InChI=1S/C16H22N2O/c1-4-5-15-17-10-11-18(15)13(3)16(19)14-8-6-12(2)7-9-14/h6-11,13,16,19H,4-5H2,1-3H3. The van der Waals surface area contributed by atoms with E-state index in [-0.39, 0.29) is 6.04 Å². The second kappa shape index (κ2) is 6.02. The summed E-state index contributed by atoms with van der Waals surface area (Å²) in [7, 11) is 0. The molecule has 2 unspecified atom stereocenters. The molecule has 0 aliphatic carbocycles. The van der Waals surface area contributed by atoms with Crippen molar-refractivity contribution in [3.8, 4) is 0 Å². The van der Waals surface area contributed by atoms with Crippen molar-refractivity contribution in [1.29, 1.82) is 0 Å². The molecule has 0 fully saturated rings. The van der Waals surface area contributed by atoms with Crippen LogP contribution in [0.1, 0.15) is 49.4 Å². The molecule has 1 aromatic carbocycles. The molecule has 0 radical (unpaired) electrons. The van der Waals surface area contributed by atoms with Gasteiger partial charge in [-0.15, -0.1) is 0 Å². The highest BCUT2D eigenvalue weighted by Crippen LogP contribution is 2.27. The minimum absolute atomic E-state index is 0.00763. The van der Waals surface area contributed by atoms with E-state index in [1.54, 1.807) is 0 Å². The number of nitrogens with zero attached hydrogens (tertiary/aromatic N) is 2. The van der Waals surface area contributed by atoms with Gasteiger partial charge in [-0.2, -0.15) is 0 Å². The molecule has 1 heterocycles. The van der Waals surface area contributed by atoms with Crippen molar-refractivity contribution >= 4 is 0 Å². The van der Waals surface area contributed by atoms with Crippen molar-refractivity contribution in [2.75, 3.05) is 0 Å². The molecule has 2 aromatic rings. The van der Waals surface area contributed by atoms with Crippen LogP contribution in [0.2, 0.25) is 0 Å². The lowest BCUT2D eigenvalue weighted by atomic mass is 10.0. The summed E-state index contributed by atoms with van der Waals surface area (Å²) < 4.78 is 2.08. The normalized spacial score (nSPS) is 14.3. The smallest absolute Gasteiger partial charge is 0.108 e. The van der Waals surface area contributed by atoms with Gasteiger partial charge in [-0.1, -0.05) is 36.8 Å². The average Bonchev–Trinajstić information content (AvgIpc) is 2.87. The number of benzene rings is 1. The van der Waals surface area contributed by atoms with Crippen molar-refractivity contribution in [3.63, 3.8) is 0 Å². The number of imidazole rings is 1. The molecule has 19 heavy (non-hydrogen) atoms. The Morgan fingerprint density at radius 2 is 1.95 bits per heavy atom. The molecule has 0 bridgehead atoms. The van der Waals surface area contributed by atoms with Gasteiger partial charge in [-0.25, -0.2) is 4.98 Å². The lowest BCUT2D eigenvalue weighted by Gasteiger charge is -2.22. The number of aryl methyl sites for hydroxylation is 2. The van der Waals surface area contributed by atoms with Gasteiger partial charge in [0.15, 0.2) is 0 Å². The second-order valence-corrected chi connectivity index (χ2v) is 5.10. The van der Waals surface area contributed by atoms with Gasteiger partial charge in [-0.3, -0.25) is 0 Å². The molecule has 0 amide bonds. The Kier molecular flexibility index (Phi) is 4.38. The first-order chi connectivity index (χ1) is 9.13. The van der Waals surface area contributed by atoms with E-state index in [2.05, 4.69) is 23.4 Å². The zero-order valence-electron chi connectivity index (χ0n) is 11.9. The predicted octanol–water partition coefficient (Wildman–Crippen LogP) is 3.44. The molecule has 102 valence electrons. The Bertz CT molecular complexity index is 516. The number of hydrogen-bond donors (Lipinski definition) is 1. The zero-order valence-corrected chi connectivity index (χ0v) is 11.9. The molecule has 0 aliphatic heterocycles. The molecule has 0 saturated heterocycles. The van der Waals surface area contributed by atoms with Gasteiger partial charge in [0.1, 0.15) is 5.82 Å². The van der Waals surface area contributed by atoms with Gasteiger partial charge in [0.2, 0.25) is 0 Å². The van der Waals surface area contributed by atoms with Gasteiger partial charge < -0.3 is 9.67 Å². The van der Waals surface area contributed by atoms with E-state index in [9.17, 15) is 5.11 Å². The highest BCUT2D eigenvalue weighted by atomic mass is 16.3. The average molecular weight is 258 g/mol. The topological polar surface area (TPSA) is 38.0 Å². The van der Waals surface area contributed by atoms with Crippen LogP contribution in [0, 0.1) is 6.92 Å². The van der Waals surface area contributed by atoms with Crippen molar-refractivity contribution < 1.29 is 5.11 Å². The van der Waals surface area contributed by atoms with Crippen LogP contribution < -0.4 is 0 Å². The third-order valence-electron chi connectivity index (χ3n) is 3.54. The maximum absolute atomic E-state index is 10.5. The Morgan fingerprint density at radius 1 is 1.26 bits per heavy atom. The third-order valence-corrected chi connectivity index (χ3v) is 3.54. The summed E-state index contributed by atoms with van der Waals surface area (Å²) in [5.74, 6) is 1.04. The van der Waals surface area contributed by atoms with Crippen molar-refractivity contribution in [2.24, 2.45) is 0 Å². The van der Waals surface area contributed by atoms with E-state index in [0.717, 1.165) is 24.2 Å². The monoisotopic (exact) mass is 258 g/mol. The van der Waals surface area contributed by atoms with Gasteiger partial charge in [-0.05, 0) is 25.8 Å². The van der Waals surface area contributed by atoms with Crippen molar-refractivity contribution in [2.45, 2.75) is 45.8 Å². The molecule has 1 N–H and O–H groups in total. The van der Waals surface area contributed by atoms with Crippen LogP contribution in [-0.2, 0) is 6.42 Å². The van der Waals surface area contributed by atoms with E-state index in [0.29, 0.717) is 0 Å². The first kappa shape index (κ1) is 13.8. The maximum Gasteiger partial charge on any atom is 0.108 e. The molecule has 0 spiro atoms. The third kappa shape index (κ3) is 3.04. The second-order valence-electron chi connectivity index (χ2n) is 5.10. The van der Waals surface area contributed by atoms with Crippen molar-refractivity contribution in [1.82, 2.24) is 9.55 Å². The van der Waals surface area contributed by atoms with E-state index >= 15 is 0 Å². The molecule has 2 atom stereocenters. The van der Waals surface area contributed by atoms with Gasteiger partial charge >= 0.3 is 0 Å². The fraction of sp³-hybridized carbons (Fsp3) is 0.438. The summed E-state index contributed by atoms with van der Waals surface area (Å²) in [6.45, 7) is 6.22. The minimum Gasteiger partial charge on any atom is -0.386 e. The van der Waals surface area contributed by atoms with Crippen LogP contribution in [-0.4, -0.2) is 14.7 Å². The summed E-state index contributed by atoms with van der Waals surface area (Å²) in [6.07, 6.45) is 5.25. The molecule has 0 saturated carbocycles. The van der Waals surface area contributed by atoms with Crippen LogP contribution in [0.5, 0.6) is 0 Å². The number of aliphatic hydroxyl groups is 1. The highest BCUT2D eigenvalue weighted by Gasteiger charge is 2.19. The Morgan fingerprint density at radius 3 is 2.58 bits per heavy atom.